The minimum atomic E-state index is -1.13. The van der Waals surface area contributed by atoms with E-state index in [2.05, 4.69) is 5.32 Å². The van der Waals surface area contributed by atoms with E-state index < -0.39 is 10.8 Å². The molecule has 0 fully saturated rings. The van der Waals surface area contributed by atoms with Crippen LogP contribution in [0.5, 0.6) is 5.75 Å². The summed E-state index contributed by atoms with van der Waals surface area (Å²) in [5.41, 5.74) is 0.457. The third-order valence-corrected chi connectivity index (χ3v) is 4.63. The Balaban J connectivity index is 1.87. The molecular weight excluding hydrogens is 326 g/mol. The normalized spacial score (nSPS) is 11.7. The number of methoxy groups -OCH3 is 1. The first kappa shape index (κ1) is 18.2. The van der Waals surface area contributed by atoms with E-state index in [4.69, 9.17) is 9.47 Å². The van der Waals surface area contributed by atoms with Crippen LogP contribution in [0.4, 0.5) is 0 Å². The van der Waals surface area contributed by atoms with Gasteiger partial charge in [0, 0.05) is 24.3 Å². The third-order valence-electron chi connectivity index (χ3n) is 3.26. The van der Waals surface area contributed by atoms with E-state index in [0.717, 1.165) is 4.90 Å². The van der Waals surface area contributed by atoms with Gasteiger partial charge in [0.1, 0.15) is 12.4 Å². The van der Waals surface area contributed by atoms with E-state index in [9.17, 15) is 9.00 Å². The number of carbonyl (C=O) groups is 1. The van der Waals surface area contributed by atoms with Crippen LogP contribution in [-0.4, -0.2) is 42.7 Å². The maximum Gasteiger partial charge on any atom is 0.255 e. The fourth-order valence-corrected chi connectivity index (χ4v) is 3.04. The molecule has 1 amide bonds. The van der Waals surface area contributed by atoms with E-state index in [1.807, 2.05) is 36.4 Å². The zero-order valence-electron chi connectivity index (χ0n) is 13.6. The fraction of sp³-hybridized carbons (Fsp3) is 0.278. The molecule has 0 bridgehead atoms. The molecule has 0 radical (unpaired) electrons. The molecule has 2 aromatic carbocycles. The summed E-state index contributed by atoms with van der Waals surface area (Å²) < 4.78 is 22.6. The maximum atomic E-state index is 12.3. The number of para-hydroxylation sites is 1. The van der Waals surface area contributed by atoms with Gasteiger partial charge in [0.15, 0.2) is 0 Å². The molecule has 2 aromatic rings. The predicted molar refractivity (Wildman–Crippen MR) is 93.9 cm³/mol. The first-order valence-electron chi connectivity index (χ1n) is 7.64. The molecular formula is C18H21NO4S. The smallest absolute Gasteiger partial charge is 0.255 e. The Bertz CT molecular complexity index is 676. The van der Waals surface area contributed by atoms with E-state index >= 15 is 0 Å². The van der Waals surface area contributed by atoms with Crippen molar-refractivity contribution in [2.24, 2.45) is 0 Å². The highest BCUT2D eigenvalue weighted by Crippen LogP contribution is 2.17. The van der Waals surface area contributed by atoms with Crippen LogP contribution >= 0.6 is 0 Å². The van der Waals surface area contributed by atoms with Crippen molar-refractivity contribution in [3.05, 3.63) is 60.2 Å². The van der Waals surface area contributed by atoms with Crippen molar-refractivity contribution in [1.29, 1.82) is 0 Å². The quantitative estimate of drug-likeness (QED) is 0.707. The number of hydrogen-bond acceptors (Lipinski definition) is 4. The van der Waals surface area contributed by atoms with Crippen LogP contribution in [-0.2, 0) is 15.5 Å². The van der Waals surface area contributed by atoms with Crippen LogP contribution in [0, 0.1) is 0 Å². The topological polar surface area (TPSA) is 64.6 Å². The summed E-state index contributed by atoms with van der Waals surface area (Å²) >= 11 is 0. The van der Waals surface area contributed by atoms with E-state index in [1.165, 1.54) is 0 Å². The highest BCUT2D eigenvalue weighted by Gasteiger charge is 2.12. The number of amides is 1. The van der Waals surface area contributed by atoms with Crippen molar-refractivity contribution in [3.63, 3.8) is 0 Å². The van der Waals surface area contributed by atoms with Gasteiger partial charge in [-0.25, -0.2) is 0 Å². The summed E-state index contributed by atoms with van der Waals surface area (Å²) in [5, 5.41) is 2.79. The molecule has 0 aliphatic rings. The summed E-state index contributed by atoms with van der Waals surface area (Å²) in [6.45, 7) is 1.15. The van der Waals surface area contributed by atoms with Crippen molar-refractivity contribution in [2.75, 3.05) is 32.6 Å². The highest BCUT2D eigenvalue weighted by molar-refractivity contribution is 7.85. The summed E-state index contributed by atoms with van der Waals surface area (Å²) in [7, 11) is 0.462. The van der Waals surface area contributed by atoms with Crippen LogP contribution in [0.3, 0.4) is 0 Å². The standard InChI is InChI=1S/C18H21NO4S/c1-22-12-13-23-17-10-6-5-9-16(17)18(20)19-11-14-24(21)15-7-3-2-4-8-15/h2-10H,11-14H2,1H3,(H,19,20)/t24-/m1/s1. The van der Waals surface area contributed by atoms with Crippen LogP contribution < -0.4 is 10.1 Å². The van der Waals surface area contributed by atoms with Gasteiger partial charge in [-0.15, -0.1) is 0 Å². The molecule has 2 rings (SSSR count). The minimum Gasteiger partial charge on any atom is -0.490 e. The molecule has 0 spiro atoms. The van der Waals surface area contributed by atoms with Gasteiger partial charge in [-0.1, -0.05) is 30.3 Å². The molecule has 5 nitrogen and oxygen atoms in total. The largest absolute Gasteiger partial charge is 0.490 e. The molecule has 1 atom stereocenters. The van der Waals surface area contributed by atoms with Crippen molar-refractivity contribution in [3.8, 4) is 5.75 Å². The molecule has 24 heavy (non-hydrogen) atoms. The van der Waals surface area contributed by atoms with Crippen LogP contribution in [0.1, 0.15) is 10.4 Å². The molecule has 128 valence electrons. The lowest BCUT2D eigenvalue weighted by Gasteiger charge is -2.11. The second-order valence-corrected chi connectivity index (χ2v) is 6.53. The number of nitrogens with one attached hydrogen (secondary N) is 1. The van der Waals surface area contributed by atoms with Crippen LogP contribution in [0.2, 0.25) is 0 Å². The Hall–Kier alpha value is -2.18. The van der Waals surface area contributed by atoms with Crippen molar-refractivity contribution >= 4 is 16.7 Å². The third kappa shape index (κ3) is 5.47. The zero-order valence-corrected chi connectivity index (χ0v) is 14.4. The second-order valence-electron chi connectivity index (χ2n) is 4.96. The molecule has 0 saturated heterocycles. The average Bonchev–Trinajstić information content (AvgIpc) is 2.63. The zero-order chi connectivity index (χ0) is 17.2. The molecule has 6 heteroatoms. The number of benzene rings is 2. The van der Waals surface area contributed by atoms with Gasteiger partial charge in [-0.05, 0) is 24.3 Å². The monoisotopic (exact) mass is 347 g/mol. The lowest BCUT2D eigenvalue weighted by Crippen LogP contribution is -2.28. The number of ether oxygens (including phenoxy) is 2. The van der Waals surface area contributed by atoms with Gasteiger partial charge < -0.3 is 14.8 Å². The summed E-state index contributed by atoms with van der Waals surface area (Å²) in [4.78, 5) is 13.1. The summed E-state index contributed by atoms with van der Waals surface area (Å²) in [6, 6.07) is 16.2. The van der Waals surface area contributed by atoms with Crippen molar-refractivity contribution in [2.45, 2.75) is 4.90 Å². The lowest BCUT2D eigenvalue weighted by molar-refractivity contribution is 0.0948. The maximum absolute atomic E-state index is 12.3. The SMILES string of the molecule is COCCOc1ccccc1C(=O)NCC[S@@](=O)c1ccccc1. The van der Waals surface area contributed by atoms with Gasteiger partial charge >= 0.3 is 0 Å². The van der Waals surface area contributed by atoms with Gasteiger partial charge in [-0.3, -0.25) is 9.00 Å². The Morgan fingerprint density at radius 1 is 1.04 bits per heavy atom. The molecule has 0 saturated carbocycles. The van der Waals surface area contributed by atoms with E-state index in [1.54, 1.807) is 25.3 Å². The molecule has 0 aromatic heterocycles. The van der Waals surface area contributed by atoms with Gasteiger partial charge in [0.2, 0.25) is 0 Å². The van der Waals surface area contributed by atoms with Crippen molar-refractivity contribution < 1.29 is 18.5 Å². The Morgan fingerprint density at radius 2 is 1.75 bits per heavy atom. The Kier molecular flexibility index (Phi) is 7.45. The van der Waals surface area contributed by atoms with Gasteiger partial charge in [0.05, 0.1) is 23.0 Å². The Labute approximate surface area is 144 Å². The minimum absolute atomic E-state index is 0.243. The fourth-order valence-electron chi connectivity index (χ4n) is 2.06. The molecule has 1 N–H and O–H groups in total. The highest BCUT2D eigenvalue weighted by atomic mass is 32.2. The first-order valence-corrected chi connectivity index (χ1v) is 8.96. The van der Waals surface area contributed by atoms with Crippen LogP contribution in [0.15, 0.2) is 59.5 Å². The number of hydrogen-bond donors (Lipinski definition) is 1. The average molecular weight is 347 g/mol. The molecule has 0 aliphatic carbocycles. The predicted octanol–water partition coefficient (Wildman–Crippen LogP) is 2.25. The summed E-state index contributed by atoms with van der Waals surface area (Å²) in [5.74, 6) is 0.631. The van der Waals surface area contributed by atoms with Crippen molar-refractivity contribution in [1.82, 2.24) is 5.32 Å². The lowest BCUT2D eigenvalue weighted by atomic mass is 10.2. The van der Waals surface area contributed by atoms with E-state index in [-0.39, 0.29) is 5.91 Å². The van der Waals surface area contributed by atoms with Gasteiger partial charge in [0.25, 0.3) is 5.91 Å². The van der Waals surface area contributed by atoms with Crippen LogP contribution in [0.25, 0.3) is 0 Å². The first-order chi connectivity index (χ1) is 11.7. The number of rotatable bonds is 9. The molecule has 0 heterocycles. The number of carbonyl (C=O) groups excluding carboxylic acids is 1. The van der Waals surface area contributed by atoms with E-state index in [0.29, 0.717) is 36.8 Å². The second kappa shape index (κ2) is 9.85. The summed E-state index contributed by atoms with van der Waals surface area (Å²) in [6.07, 6.45) is 0. The Morgan fingerprint density at radius 3 is 2.50 bits per heavy atom. The van der Waals surface area contributed by atoms with Gasteiger partial charge in [-0.2, -0.15) is 0 Å². The molecule has 0 aliphatic heterocycles. The molecule has 0 unspecified atom stereocenters.